The van der Waals surface area contributed by atoms with Crippen LogP contribution in [0.15, 0.2) is 16.8 Å². The van der Waals surface area contributed by atoms with Crippen molar-refractivity contribution in [3.63, 3.8) is 0 Å². The molecule has 1 fully saturated rings. The van der Waals surface area contributed by atoms with E-state index in [4.69, 9.17) is 9.63 Å². The molecule has 2 N–H and O–H groups in total. The van der Waals surface area contributed by atoms with Crippen molar-refractivity contribution >= 4 is 17.7 Å². The molecule has 2 aromatic rings. The molecule has 1 aliphatic rings. The van der Waals surface area contributed by atoms with Crippen LogP contribution in [0.5, 0.6) is 0 Å². The van der Waals surface area contributed by atoms with Crippen LogP contribution in [0.1, 0.15) is 49.7 Å². The number of rotatable bonds is 7. The number of aryl methyl sites for hydroxylation is 1. The number of anilines is 1. The summed E-state index contributed by atoms with van der Waals surface area (Å²) in [6.07, 6.45) is 6.64. The van der Waals surface area contributed by atoms with E-state index in [9.17, 15) is 9.59 Å². The molecule has 0 unspecified atom stereocenters. The van der Waals surface area contributed by atoms with Gasteiger partial charge in [0, 0.05) is 31.0 Å². The molecular weight excluding hydrogens is 314 g/mol. The third-order valence-electron chi connectivity index (χ3n) is 3.98. The Bertz CT molecular complexity index is 717. The summed E-state index contributed by atoms with van der Waals surface area (Å²) in [6.45, 7) is -0.248. The first-order valence-corrected chi connectivity index (χ1v) is 7.98. The first-order chi connectivity index (χ1) is 11.6. The van der Waals surface area contributed by atoms with E-state index in [2.05, 4.69) is 20.6 Å². The minimum absolute atomic E-state index is 0.193. The fraction of sp³-hybridized carbons (Fsp3) is 0.533. The van der Waals surface area contributed by atoms with Gasteiger partial charge in [-0.3, -0.25) is 14.3 Å². The number of hydrogen-bond donors (Lipinski definition) is 2. The van der Waals surface area contributed by atoms with E-state index in [0.29, 0.717) is 24.0 Å². The minimum atomic E-state index is -0.995. The lowest BCUT2D eigenvalue weighted by Gasteiger charge is -2.00. The van der Waals surface area contributed by atoms with Crippen LogP contribution in [0.25, 0.3) is 0 Å². The predicted molar refractivity (Wildman–Crippen MR) is 82.3 cm³/mol. The molecule has 9 nitrogen and oxygen atoms in total. The first kappa shape index (κ1) is 16.2. The Hall–Kier alpha value is -2.71. The summed E-state index contributed by atoms with van der Waals surface area (Å²) in [5, 5.41) is 19.2. The van der Waals surface area contributed by atoms with E-state index in [0.717, 1.165) is 18.7 Å². The zero-order valence-corrected chi connectivity index (χ0v) is 13.1. The van der Waals surface area contributed by atoms with Crippen molar-refractivity contribution in [3.8, 4) is 0 Å². The number of carbonyl (C=O) groups excluding carboxylic acids is 1. The highest BCUT2D eigenvalue weighted by Crippen LogP contribution is 2.32. The highest BCUT2D eigenvalue weighted by Gasteiger charge is 2.22. The number of nitrogens with zero attached hydrogens (tertiary/aromatic N) is 4. The molecule has 128 valence electrons. The fourth-order valence-electron chi connectivity index (χ4n) is 2.80. The molecule has 24 heavy (non-hydrogen) atoms. The molecule has 1 saturated carbocycles. The van der Waals surface area contributed by atoms with Crippen LogP contribution in [0.2, 0.25) is 0 Å². The molecule has 0 aliphatic heterocycles. The average molecular weight is 333 g/mol. The van der Waals surface area contributed by atoms with E-state index in [1.54, 1.807) is 6.07 Å². The van der Waals surface area contributed by atoms with Crippen molar-refractivity contribution in [2.24, 2.45) is 0 Å². The standard InChI is InChI=1S/C15H19N5O4/c21-12(16-11-7-8-20(18-11)9-14(22)23)5-6-13-17-15(19-24-13)10-3-1-2-4-10/h7-8,10H,1-6,9H2,(H,22,23)(H,16,18,21). The second-order valence-corrected chi connectivity index (χ2v) is 5.87. The molecule has 1 amide bonds. The second-order valence-electron chi connectivity index (χ2n) is 5.87. The normalized spacial score (nSPS) is 14.8. The topological polar surface area (TPSA) is 123 Å². The third-order valence-corrected chi connectivity index (χ3v) is 3.98. The highest BCUT2D eigenvalue weighted by atomic mass is 16.5. The molecule has 1 aliphatic carbocycles. The zero-order valence-electron chi connectivity index (χ0n) is 13.1. The molecule has 0 radical (unpaired) electrons. The Morgan fingerprint density at radius 3 is 2.92 bits per heavy atom. The Kier molecular flexibility index (Phi) is 4.88. The van der Waals surface area contributed by atoms with Gasteiger partial charge in [-0.05, 0) is 12.8 Å². The summed E-state index contributed by atoms with van der Waals surface area (Å²) in [7, 11) is 0. The van der Waals surface area contributed by atoms with E-state index in [-0.39, 0.29) is 18.9 Å². The van der Waals surface area contributed by atoms with Gasteiger partial charge in [0.15, 0.2) is 11.6 Å². The molecule has 0 atom stereocenters. The lowest BCUT2D eigenvalue weighted by Crippen LogP contribution is -2.14. The van der Waals surface area contributed by atoms with Gasteiger partial charge in [-0.25, -0.2) is 0 Å². The summed E-state index contributed by atoms with van der Waals surface area (Å²) in [5.74, 6) is 0.674. The molecule has 9 heteroatoms. The molecular formula is C15H19N5O4. The maximum atomic E-state index is 11.9. The smallest absolute Gasteiger partial charge is 0.325 e. The Balaban J connectivity index is 1.47. The van der Waals surface area contributed by atoms with Crippen LogP contribution >= 0.6 is 0 Å². The van der Waals surface area contributed by atoms with E-state index in [1.165, 1.54) is 23.7 Å². The predicted octanol–water partition coefficient (Wildman–Crippen LogP) is 1.58. The van der Waals surface area contributed by atoms with Crippen LogP contribution in [0.3, 0.4) is 0 Å². The largest absolute Gasteiger partial charge is 0.480 e. The van der Waals surface area contributed by atoms with Gasteiger partial charge in [-0.2, -0.15) is 10.1 Å². The monoisotopic (exact) mass is 333 g/mol. The van der Waals surface area contributed by atoms with Gasteiger partial charge in [-0.15, -0.1) is 0 Å². The van der Waals surface area contributed by atoms with Crippen molar-refractivity contribution in [2.75, 3.05) is 5.32 Å². The lowest BCUT2D eigenvalue weighted by atomic mass is 10.1. The number of aromatic nitrogens is 4. The molecule has 2 heterocycles. The van der Waals surface area contributed by atoms with E-state index in [1.807, 2.05) is 0 Å². The van der Waals surface area contributed by atoms with Gasteiger partial charge >= 0.3 is 5.97 Å². The van der Waals surface area contributed by atoms with Gasteiger partial charge in [0.2, 0.25) is 11.8 Å². The van der Waals surface area contributed by atoms with Crippen LogP contribution < -0.4 is 5.32 Å². The van der Waals surface area contributed by atoms with Gasteiger partial charge in [0.25, 0.3) is 0 Å². The second kappa shape index (κ2) is 7.24. The maximum Gasteiger partial charge on any atom is 0.325 e. The average Bonchev–Trinajstić information content (AvgIpc) is 3.26. The summed E-state index contributed by atoms with van der Waals surface area (Å²) in [5.41, 5.74) is 0. The van der Waals surface area contributed by atoms with Crippen LogP contribution in [-0.4, -0.2) is 36.9 Å². The number of hydrogen-bond acceptors (Lipinski definition) is 6. The molecule has 3 rings (SSSR count). The number of aliphatic carboxylic acids is 1. The van der Waals surface area contributed by atoms with E-state index >= 15 is 0 Å². The zero-order chi connectivity index (χ0) is 16.9. The maximum absolute atomic E-state index is 11.9. The van der Waals surface area contributed by atoms with Gasteiger partial charge in [0.1, 0.15) is 6.54 Å². The minimum Gasteiger partial charge on any atom is -0.480 e. The number of carbonyl (C=O) groups is 2. The van der Waals surface area contributed by atoms with Gasteiger partial charge in [-0.1, -0.05) is 18.0 Å². The van der Waals surface area contributed by atoms with E-state index < -0.39 is 5.97 Å². The fourth-order valence-corrected chi connectivity index (χ4v) is 2.80. The third kappa shape index (κ3) is 4.18. The van der Waals surface area contributed by atoms with Crippen molar-refractivity contribution < 1.29 is 19.2 Å². The van der Waals surface area contributed by atoms with Gasteiger partial charge in [0.05, 0.1) is 0 Å². The summed E-state index contributed by atoms with van der Waals surface area (Å²) >= 11 is 0. The van der Waals surface area contributed by atoms with Crippen molar-refractivity contribution in [1.82, 2.24) is 19.9 Å². The Morgan fingerprint density at radius 2 is 2.17 bits per heavy atom. The summed E-state index contributed by atoms with van der Waals surface area (Å²) in [4.78, 5) is 26.9. The molecule has 0 aromatic carbocycles. The van der Waals surface area contributed by atoms with Gasteiger partial charge < -0.3 is 14.9 Å². The van der Waals surface area contributed by atoms with Crippen molar-refractivity contribution in [1.29, 1.82) is 0 Å². The van der Waals surface area contributed by atoms with Crippen molar-refractivity contribution in [3.05, 3.63) is 24.0 Å². The lowest BCUT2D eigenvalue weighted by molar-refractivity contribution is -0.137. The number of amides is 1. The molecule has 0 spiro atoms. The summed E-state index contributed by atoms with van der Waals surface area (Å²) in [6, 6.07) is 1.55. The van der Waals surface area contributed by atoms with Crippen molar-refractivity contribution in [2.45, 2.75) is 51.0 Å². The van der Waals surface area contributed by atoms with Crippen LogP contribution in [0.4, 0.5) is 5.82 Å². The number of nitrogens with one attached hydrogen (secondary N) is 1. The SMILES string of the molecule is O=C(O)Cn1ccc(NC(=O)CCc2nc(C3CCCC3)no2)n1. The quantitative estimate of drug-likeness (QED) is 0.788. The Labute approximate surface area is 138 Å². The highest BCUT2D eigenvalue weighted by molar-refractivity contribution is 5.89. The van der Waals surface area contributed by atoms with Crippen LogP contribution in [-0.2, 0) is 22.6 Å². The molecule has 2 aromatic heterocycles. The number of carboxylic acid groups (broad SMARTS) is 1. The molecule has 0 bridgehead atoms. The number of carboxylic acids is 1. The molecule has 0 saturated heterocycles. The Morgan fingerprint density at radius 1 is 1.38 bits per heavy atom. The summed E-state index contributed by atoms with van der Waals surface area (Å²) < 4.78 is 6.44. The first-order valence-electron chi connectivity index (χ1n) is 7.98. The van der Waals surface area contributed by atoms with Crippen LogP contribution in [0, 0.1) is 0 Å².